The van der Waals surface area contributed by atoms with E-state index < -0.39 is 23.3 Å². The molecule has 0 amide bonds. The first-order valence-electron chi connectivity index (χ1n) is 5.13. The van der Waals surface area contributed by atoms with Crippen LogP contribution in [0.15, 0.2) is 24.3 Å². The molecule has 4 heteroatoms. The van der Waals surface area contributed by atoms with Crippen molar-refractivity contribution in [3.8, 4) is 0 Å². The fourth-order valence-electron chi connectivity index (χ4n) is 1.72. The Morgan fingerprint density at radius 3 is 2.62 bits per heavy atom. The predicted molar refractivity (Wildman–Crippen MR) is 57.4 cm³/mol. The normalized spacial score (nSPS) is 16.5. The van der Waals surface area contributed by atoms with Crippen LogP contribution in [0.2, 0.25) is 0 Å². The maximum Gasteiger partial charge on any atom is 0.309 e. The first-order chi connectivity index (χ1) is 7.41. The van der Waals surface area contributed by atoms with Crippen LogP contribution in [-0.4, -0.2) is 16.2 Å². The van der Waals surface area contributed by atoms with Gasteiger partial charge in [-0.1, -0.05) is 19.1 Å². The lowest BCUT2D eigenvalue weighted by atomic mass is 9.80. The van der Waals surface area contributed by atoms with Crippen LogP contribution < -0.4 is 0 Å². The Kier molecular flexibility index (Phi) is 3.65. The number of carbonyl (C=O) groups is 1. The fourth-order valence-corrected chi connectivity index (χ4v) is 1.72. The molecule has 0 aliphatic rings. The van der Waals surface area contributed by atoms with E-state index in [1.807, 2.05) is 0 Å². The van der Waals surface area contributed by atoms with Crippen LogP contribution >= 0.6 is 0 Å². The van der Waals surface area contributed by atoms with Crippen molar-refractivity contribution < 1.29 is 19.4 Å². The van der Waals surface area contributed by atoms with Gasteiger partial charge in [-0.05, 0) is 31.0 Å². The van der Waals surface area contributed by atoms with Crippen molar-refractivity contribution in [3.05, 3.63) is 35.6 Å². The Labute approximate surface area is 93.5 Å². The summed E-state index contributed by atoms with van der Waals surface area (Å²) in [5.41, 5.74) is -1.24. The summed E-state index contributed by atoms with van der Waals surface area (Å²) in [6.07, 6.45) is 0.212. The van der Waals surface area contributed by atoms with Gasteiger partial charge < -0.3 is 10.2 Å². The molecule has 0 aromatic heterocycles. The molecule has 2 N–H and O–H groups in total. The summed E-state index contributed by atoms with van der Waals surface area (Å²) < 4.78 is 13.0. The van der Waals surface area contributed by atoms with Crippen LogP contribution in [0, 0.1) is 11.7 Å². The number of aliphatic carboxylic acids is 1. The van der Waals surface area contributed by atoms with Crippen molar-refractivity contribution in [2.75, 3.05) is 0 Å². The van der Waals surface area contributed by atoms with Crippen molar-refractivity contribution in [1.82, 2.24) is 0 Å². The number of aliphatic hydroxyl groups is 1. The van der Waals surface area contributed by atoms with Gasteiger partial charge >= 0.3 is 5.97 Å². The van der Waals surface area contributed by atoms with Crippen molar-refractivity contribution in [3.63, 3.8) is 0 Å². The second-order valence-electron chi connectivity index (χ2n) is 3.85. The number of rotatable bonds is 4. The fraction of sp³-hybridized carbons (Fsp3) is 0.417. The predicted octanol–water partition coefficient (Wildman–Crippen LogP) is 2.14. The lowest BCUT2D eigenvalue weighted by Gasteiger charge is -2.31. The van der Waals surface area contributed by atoms with E-state index in [-0.39, 0.29) is 6.42 Å². The molecule has 0 heterocycles. The quantitative estimate of drug-likeness (QED) is 0.827. The van der Waals surface area contributed by atoms with E-state index in [0.717, 1.165) is 0 Å². The number of halogens is 1. The second kappa shape index (κ2) is 4.61. The van der Waals surface area contributed by atoms with E-state index in [2.05, 4.69) is 0 Å². The summed E-state index contributed by atoms with van der Waals surface area (Å²) in [6, 6.07) is 5.42. The van der Waals surface area contributed by atoms with Gasteiger partial charge in [-0.2, -0.15) is 0 Å². The summed E-state index contributed by atoms with van der Waals surface area (Å²) in [6.45, 7) is 3.08. The average Bonchev–Trinajstić information content (AvgIpc) is 2.26. The van der Waals surface area contributed by atoms with Gasteiger partial charge in [-0.15, -0.1) is 0 Å². The highest BCUT2D eigenvalue weighted by atomic mass is 19.1. The number of benzene rings is 1. The smallest absolute Gasteiger partial charge is 0.309 e. The highest BCUT2D eigenvalue weighted by molar-refractivity contribution is 5.71. The van der Waals surface area contributed by atoms with Gasteiger partial charge in [0.05, 0.1) is 5.92 Å². The molecular weight excluding hydrogens is 211 g/mol. The van der Waals surface area contributed by atoms with E-state index >= 15 is 0 Å². The van der Waals surface area contributed by atoms with Gasteiger partial charge in [0.1, 0.15) is 11.4 Å². The molecule has 1 rings (SSSR count). The summed E-state index contributed by atoms with van der Waals surface area (Å²) in [5, 5.41) is 19.2. The molecule has 1 aromatic carbocycles. The third-order valence-corrected chi connectivity index (χ3v) is 2.95. The van der Waals surface area contributed by atoms with Gasteiger partial charge in [-0.3, -0.25) is 4.79 Å². The second-order valence-corrected chi connectivity index (χ2v) is 3.85. The molecule has 0 fully saturated rings. The van der Waals surface area contributed by atoms with Gasteiger partial charge in [-0.25, -0.2) is 4.39 Å². The maximum absolute atomic E-state index is 13.0. The van der Waals surface area contributed by atoms with Crippen LogP contribution in [0.4, 0.5) is 4.39 Å². The number of carboxylic acid groups (broad SMARTS) is 1. The van der Waals surface area contributed by atoms with E-state index in [1.54, 1.807) is 6.92 Å². The Balaban J connectivity index is 3.19. The van der Waals surface area contributed by atoms with Gasteiger partial charge in [0.2, 0.25) is 0 Å². The van der Waals surface area contributed by atoms with Crippen molar-refractivity contribution >= 4 is 5.97 Å². The Morgan fingerprint density at radius 2 is 2.19 bits per heavy atom. The summed E-state index contributed by atoms with van der Waals surface area (Å²) in [7, 11) is 0. The first kappa shape index (κ1) is 12.6. The van der Waals surface area contributed by atoms with E-state index in [1.165, 1.54) is 31.2 Å². The Hall–Kier alpha value is -1.42. The Morgan fingerprint density at radius 1 is 1.56 bits per heavy atom. The maximum atomic E-state index is 13.0. The van der Waals surface area contributed by atoms with Crippen LogP contribution in [0.5, 0.6) is 0 Å². The van der Waals surface area contributed by atoms with Crippen molar-refractivity contribution in [2.45, 2.75) is 25.9 Å². The molecule has 0 bridgehead atoms. The molecule has 3 nitrogen and oxygen atoms in total. The highest BCUT2D eigenvalue weighted by Crippen LogP contribution is 2.33. The molecule has 0 saturated heterocycles. The van der Waals surface area contributed by atoms with E-state index in [4.69, 9.17) is 5.11 Å². The molecule has 0 radical (unpaired) electrons. The third-order valence-electron chi connectivity index (χ3n) is 2.95. The van der Waals surface area contributed by atoms with Crippen LogP contribution in [0.25, 0.3) is 0 Å². The lowest BCUT2D eigenvalue weighted by molar-refractivity contribution is -0.152. The molecule has 2 unspecified atom stereocenters. The van der Waals surface area contributed by atoms with Crippen molar-refractivity contribution in [1.29, 1.82) is 0 Å². The number of hydrogen-bond donors (Lipinski definition) is 2. The van der Waals surface area contributed by atoms with Crippen LogP contribution in [0.1, 0.15) is 25.8 Å². The van der Waals surface area contributed by atoms with Crippen LogP contribution in [0.3, 0.4) is 0 Å². The average molecular weight is 226 g/mol. The summed E-state index contributed by atoms with van der Waals surface area (Å²) >= 11 is 0. The number of carboxylic acids is 1. The molecule has 16 heavy (non-hydrogen) atoms. The molecule has 0 aliphatic carbocycles. The van der Waals surface area contributed by atoms with E-state index in [0.29, 0.717) is 5.56 Å². The third kappa shape index (κ3) is 2.22. The van der Waals surface area contributed by atoms with Crippen molar-refractivity contribution in [2.24, 2.45) is 5.92 Å². The van der Waals surface area contributed by atoms with Gasteiger partial charge in [0, 0.05) is 0 Å². The summed E-state index contributed by atoms with van der Waals surface area (Å²) in [5.74, 6) is -2.57. The number of hydrogen-bond acceptors (Lipinski definition) is 2. The molecule has 0 spiro atoms. The molecule has 1 aromatic rings. The van der Waals surface area contributed by atoms with Crippen LogP contribution in [-0.2, 0) is 10.4 Å². The SMILES string of the molecule is CCC(O)(c1cccc(F)c1)C(C)C(=O)O. The molecule has 0 saturated carbocycles. The minimum absolute atomic E-state index is 0.212. The topological polar surface area (TPSA) is 57.5 Å². The molecule has 2 atom stereocenters. The zero-order valence-corrected chi connectivity index (χ0v) is 9.27. The minimum Gasteiger partial charge on any atom is -0.481 e. The zero-order chi connectivity index (χ0) is 12.3. The van der Waals surface area contributed by atoms with Gasteiger partial charge in [0.15, 0.2) is 0 Å². The molecule has 88 valence electrons. The standard InChI is InChI=1S/C12H15FO3/c1-3-12(16,8(2)11(14)15)9-5-4-6-10(13)7-9/h4-8,16H,3H2,1-2H3,(H,14,15). The van der Waals surface area contributed by atoms with E-state index in [9.17, 15) is 14.3 Å². The molecule has 0 aliphatic heterocycles. The molecular formula is C12H15FO3. The minimum atomic E-state index is -1.53. The van der Waals surface area contributed by atoms with Gasteiger partial charge in [0.25, 0.3) is 0 Å². The summed E-state index contributed by atoms with van der Waals surface area (Å²) in [4.78, 5) is 10.9. The lowest BCUT2D eigenvalue weighted by Crippen LogP contribution is -2.37. The monoisotopic (exact) mass is 226 g/mol. The Bertz CT molecular complexity index is 392. The first-order valence-corrected chi connectivity index (χ1v) is 5.13. The zero-order valence-electron chi connectivity index (χ0n) is 9.27. The largest absolute Gasteiger partial charge is 0.481 e. The highest BCUT2D eigenvalue weighted by Gasteiger charge is 2.38.